The van der Waals surface area contributed by atoms with Crippen molar-refractivity contribution in [3.05, 3.63) is 95.1 Å². The summed E-state index contributed by atoms with van der Waals surface area (Å²) in [7, 11) is 0. The van der Waals surface area contributed by atoms with E-state index < -0.39 is 29.6 Å². The minimum atomic E-state index is -1.57. The van der Waals surface area contributed by atoms with Gasteiger partial charge in [0.05, 0.1) is 6.04 Å². The van der Waals surface area contributed by atoms with Crippen LogP contribution in [0.15, 0.2) is 78.4 Å². The second-order valence-corrected chi connectivity index (χ2v) is 7.58. The Morgan fingerprint density at radius 2 is 1.81 bits per heavy atom. The smallest absolute Gasteiger partial charge is 0.333 e. The van der Waals surface area contributed by atoms with Crippen LogP contribution in [0.25, 0.3) is 0 Å². The zero-order valence-corrected chi connectivity index (χ0v) is 17.5. The molecule has 1 amide bonds. The maximum atomic E-state index is 13.1. The van der Waals surface area contributed by atoms with Crippen LogP contribution in [0, 0.1) is 5.41 Å². The molecule has 3 unspecified atom stereocenters. The number of nitrogen functional groups attached to an aromatic ring is 1. The lowest BCUT2D eigenvalue weighted by atomic mass is 9.84. The number of nitrogens with two attached hydrogens (primary N) is 2. The summed E-state index contributed by atoms with van der Waals surface area (Å²) in [6.45, 7) is 3.59. The van der Waals surface area contributed by atoms with Crippen LogP contribution in [-0.2, 0) is 9.53 Å². The first-order chi connectivity index (χ1) is 14.7. The van der Waals surface area contributed by atoms with Crippen LogP contribution >= 0.6 is 0 Å². The van der Waals surface area contributed by atoms with Crippen molar-refractivity contribution in [3.8, 4) is 0 Å². The highest BCUT2D eigenvalue weighted by atomic mass is 16.5. The zero-order chi connectivity index (χ0) is 22.6. The van der Waals surface area contributed by atoms with Crippen molar-refractivity contribution in [2.75, 3.05) is 0 Å². The number of ether oxygens (including phenoxy) is 1. The van der Waals surface area contributed by atoms with Gasteiger partial charge in [-0.2, -0.15) is 0 Å². The molecule has 0 aromatic heterocycles. The van der Waals surface area contributed by atoms with E-state index in [2.05, 4.69) is 5.32 Å². The minimum absolute atomic E-state index is 0.141. The fourth-order valence-electron chi connectivity index (χ4n) is 3.38. The molecule has 7 heteroatoms. The van der Waals surface area contributed by atoms with Crippen LogP contribution in [0.1, 0.15) is 41.4 Å². The van der Waals surface area contributed by atoms with E-state index in [1.165, 1.54) is 6.07 Å². The second-order valence-electron chi connectivity index (χ2n) is 7.58. The minimum Gasteiger partial charge on any atom is -0.456 e. The molecule has 0 fully saturated rings. The molecule has 31 heavy (non-hydrogen) atoms. The van der Waals surface area contributed by atoms with Gasteiger partial charge in [-0.1, -0.05) is 60.2 Å². The number of amides is 1. The Bertz CT molecular complexity index is 1060. The van der Waals surface area contributed by atoms with Crippen LogP contribution in [0.4, 0.5) is 0 Å². The van der Waals surface area contributed by atoms with E-state index >= 15 is 0 Å². The Morgan fingerprint density at radius 1 is 1.13 bits per heavy atom. The highest BCUT2D eigenvalue weighted by molar-refractivity contribution is 6.00. The molecule has 0 spiro atoms. The third-order valence-corrected chi connectivity index (χ3v) is 5.16. The van der Waals surface area contributed by atoms with Gasteiger partial charge in [-0.3, -0.25) is 10.2 Å². The van der Waals surface area contributed by atoms with Crippen LogP contribution in [0.2, 0.25) is 0 Å². The predicted molar refractivity (Wildman–Crippen MR) is 119 cm³/mol. The number of nitrogens with one attached hydrogen (secondary N) is 2. The summed E-state index contributed by atoms with van der Waals surface area (Å²) in [4.78, 5) is 25.9. The lowest BCUT2D eigenvalue weighted by Crippen LogP contribution is -2.63. The van der Waals surface area contributed by atoms with Gasteiger partial charge in [0.25, 0.3) is 5.91 Å². The Balaban J connectivity index is 1.81. The van der Waals surface area contributed by atoms with Gasteiger partial charge in [0.1, 0.15) is 11.9 Å². The number of rotatable bonds is 6. The fraction of sp³-hybridized carbons (Fsp3) is 0.208. The van der Waals surface area contributed by atoms with Gasteiger partial charge in [-0.25, -0.2) is 4.79 Å². The molecule has 0 saturated heterocycles. The second kappa shape index (κ2) is 8.97. The standard InChI is InChI=1S/C24H26N4O3/c1-15-11-12-20(28-22(29)19-10-6-9-18(13-19)21(25)26)24(27,14-15)23(30)31-16(2)17-7-4-3-5-8-17/h3-14,16,20H,27H2,1-2H3,(H3,25,26)(H,28,29). The molecule has 160 valence electrons. The number of carbonyl (C=O) groups is 2. The Morgan fingerprint density at radius 3 is 2.48 bits per heavy atom. The first kappa shape index (κ1) is 22.0. The zero-order valence-electron chi connectivity index (χ0n) is 17.5. The Labute approximate surface area is 181 Å². The molecule has 1 aliphatic rings. The Kier molecular flexibility index (Phi) is 6.36. The van der Waals surface area contributed by atoms with E-state index in [9.17, 15) is 9.59 Å². The number of hydrogen-bond donors (Lipinski definition) is 4. The largest absolute Gasteiger partial charge is 0.456 e. The SMILES string of the molecule is CC1=CC(N)(C(=O)OC(C)c2ccccc2)C(NC(=O)c2cccc(C(=N)N)c2)C=C1. The lowest BCUT2D eigenvalue weighted by Gasteiger charge is -2.35. The molecular formula is C24H26N4O3. The highest BCUT2D eigenvalue weighted by Crippen LogP contribution is 2.25. The van der Waals surface area contributed by atoms with Gasteiger partial charge in [0.2, 0.25) is 0 Å². The first-order valence-corrected chi connectivity index (χ1v) is 9.88. The molecule has 1 aliphatic carbocycles. The topological polar surface area (TPSA) is 131 Å². The van der Waals surface area contributed by atoms with E-state index in [0.29, 0.717) is 11.1 Å². The van der Waals surface area contributed by atoms with Gasteiger partial charge in [0.15, 0.2) is 5.54 Å². The van der Waals surface area contributed by atoms with Crippen molar-refractivity contribution in [2.24, 2.45) is 11.5 Å². The number of benzene rings is 2. The van der Waals surface area contributed by atoms with Crippen molar-refractivity contribution in [2.45, 2.75) is 31.5 Å². The predicted octanol–water partition coefficient (Wildman–Crippen LogP) is 2.59. The van der Waals surface area contributed by atoms with Crippen molar-refractivity contribution < 1.29 is 14.3 Å². The van der Waals surface area contributed by atoms with E-state index in [0.717, 1.165) is 11.1 Å². The molecule has 2 aromatic carbocycles. The van der Waals surface area contributed by atoms with Gasteiger partial charge >= 0.3 is 5.97 Å². The maximum Gasteiger partial charge on any atom is 0.333 e. The van der Waals surface area contributed by atoms with Crippen LogP contribution in [0.3, 0.4) is 0 Å². The molecule has 0 heterocycles. The normalized spacial score (nSPS) is 21.0. The summed E-state index contributed by atoms with van der Waals surface area (Å²) in [5.74, 6) is -1.22. The third-order valence-electron chi connectivity index (χ3n) is 5.16. The molecule has 0 bridgehead atoms. The van der Waals surface area contributed by atoms with E-state index in [1.807, 2.05) is 37.3 Å². The molecule has 2 aromatic rings. The summed E-state index contributed by atoms with van der Waals surface area (Å²) in [5.41, 5.74) is 12.8. The molecular weight excluding hydrogens is 392 g/mol. The van der Waals surface area contributed by atoms with Crippen molar-refractivity contribution >= 4 is 17.7 Å². The monoisotopic (exact) mass is 418 g/mol. The van der Waals surface area contributed by atoms with Crippen molar-refractivity contribution in [1.29, 1.82) is 5.41 Å². The molecule has 3 rings (SSSR count). The highest BCUT2D eigenvalue weighted by Gasteiger charge is 2.44. The number of amidine groups is 1. The Hall–Kier alpha value is -3.71. The van der Waals surface area contributed by atoms with Crippen molar-refractivity contribution in [3.63, 3.8) is 0 Å². The molecule has 0 saturated carbocycles. The summed E-state index contributed by atoms with van der Waals surface area (Å²) < 4.78 is 5.66. The molecule has 0 radical (unpaired) electrons. The number of hydrogen-bond acceptors (Lipinski definition) is 5. The van der Waals surface area contributed by atoms with Gasteiger partial charge < -0.3 is 21.5 Å². The summed E-state index contributed by atoms with van der Waals surface area (Å²) >= 11 is 0. The van der Waals surface area contributed by atoms with Gasteiger partial charge in [-0.05, 0) is 37.6 Å². The molecule has 3 atom stereocenters. The maximum absolute atomic E-state index is 13.1. The van der Waals surface area contributed by atoms with Crippen molar-refractivity contribution in [1.82, 2.24) is 5.32 Å². The van der Waals surface area contributed by atoms with Gasteiger partial charge in [-0.15, -0.1) is 0 Å². The molecule has 0 aliphatic heterocycles. The average molecular weight is 418 g/mol. The first-order valence-electron chi connectivity index (χ1n) is 9.88. The van der Waals surface area contributed by atoms with E-state index in [1.54, 1.807) is 43.4 Å². The lowest BCUT2D eigenvalue weighted by molar-refractivity contribution is -0.153. The fourth-order valence-corrected chi connectivity index (χ4v) is 3.38. The molecule has 7 nitrogen and oxygen atoms in total. The third kappa shape index (κ3) is 4.90. The molecule has 6 N–H and O–H groups in total. The van der Waals surface area contributed by atoms with E-state index in [-0.39, 0.29) is 5.84 Å². The quantitative estimate of drug-likeness (QED) is 0.325. The summed E-state index contributed by atoms with van der Waals surface area (Å²) in [6, 6.07) is 14.9. The van der Waals surface area contributed by atoms with E-state index in [4.69, 9.17) is 21.6 Å². The summed E-state index contributed by atoms with van der Waals surface area (Å²) in [6.07, 6.45) is 4.56. The van der Waals surface area contributed by atoms with Crippen LogP contribution in [0.5, 0.6) is 0 Å². The summed E-state index contributed by atoms with van der Waals surface area (Å²) in [5, 5.41) is 10.3. The number of carbonyl (C=O) groups excluding carboxylic acids is 2. The van der Waals surface area contributed by atoms with Crippen LogP contribution < -0.4 is 16.8 Å². The number of allylic oxidation sites excluding steroid dienone is 2. The van der Waals surface area contributed by atoms with Crippen LogP contribution in [-0.4, -0.2) is 29.3 Å². The van der Waals surface area contributed by atoms with Gasteiger partial charge in [0, 0.05) is 11.1 Å². The average Bonchev–Trinajstić information content (AvgIpc) is 2.76. The number of esters is 1.